The molecule has 0 aliphatic carbocycles. The molecule has 7 heteroatoms. The van der Waals surface area contributed by atoms with Crippen LogP contribution in [0.5, 0.6) is 0 Å². The zero-order valence-corrected chi connectivity index (χ0v) is 48.4. The zero-order chi connectivity index (χ0) is 58.0. The molecular formula is C75H61F3N4. The molecule has 0 fully saturated rings. The van der Waals surface area contributed by atoms with Crippen molar-refractivity contribution in [3.63, 3.8) is 0 Å². The van der Waals surface area contributed by atoms with Gasteiger partial charge in [0.1, 0.15) is 0 Å². The summed E-state index contributed by atoms with van der Waals surface area (Å²) < 4.78 is 47.7. The van der Waals surface area contributed by atoms with Crippen LogP contribution in [0.2, 0.25) is 0 Å². The average Bonchev–Trinajstić information content (AvgIpc) is 4.05. The van der Waals surface area contributed by atoms with Crippen molar-refractivity contribution >= 4 is 49.3 Å². The van der Waals surface area contributed by atoms with Gasteiger partial charge in [0, 0.05) is 21.5 Å². The molecule has 0 saturated carbocycles. The summed E-state index contributed by atoms with van der Waals surface area (Å²) in [6, 6.07) is 53.6. The number of hydrogen-bond acceptors (Lipinski definition) is 1. The summed E-state index contributed by atoms with van der Waals surface area (Å²) in [5, 5.41) is 14.7. The Hall–Kier alpha value is -9.43. The van der Waals surface area contributed by atoms with E-state index in [9.17, 15) is 18.4 Å². The van der Waals surface area contributed by atoms with E-state index in [1.54, 1.807) is 0 Å². The van der Waals surface area contributed by atoms with Gasteiger partial charge in [0.25, 0.3) is 0 Å². The summed E-state index contributed by atoms with van der Waals surface area (Å²) in [7, 11) is 0. The van der Waals surface area contributed by atoms with Crippen LogP contribution < -0.4 is 0 Å². The van der Waals surface area contributed by atoms with Gasteiger partial charge in [0.15, 0.2) is 5.69 Å². The molecule has 0 aliphatic rings. The van der Waals surface area contributed by atoms with Gasteiger partial charge in [0.2, 0.25) is 0 Å². The van der Waals surface area contributed by atoms with Gasteiger partial charge in [-0.3, -0.25) is 0 Å². The lowest BCUT2D eigenvalue weighted by molar-refractivity contribution is -0.137. The van der Waals surface area contributed by atoms with Crippen LogP contribution in [-0.2, 0) is 6.18 Å². The van der Waals surface area contributed by atoms with Crippen LogP contribution >= 0.6 is 0 Å². The molecule has 0 aliphatic heterocycles. The van der Waals surface area contributed by atoms with Gasteiger partial charge in [-0.1, -0.05) is 101 Å². The second-order valence-corrected chi connectivity index (χ2v) is 23.0. The first-order valence-corrected chi connectivity index (χ1v) is 27.8. The monoisotopic (exact) mass is 1070 g/mol. The third-order valence-electron chi connectivity index (χ3n) is 16.8. The molecule has 0 bridgehead atoms. The second kappa shape index (κ2) is 19.7. The lowest BCUT2D eigenvalue weighted by Crippen LogP contribution is -2.06. The molecule has 2 aromatic heterocycles. The maximum absolute atomic E-state index is 14.4. The summed E-state index contributed by atoms with van der Waals surface area (Å²) >= 11 is 0. The first kappa shape index (κ1) is 53.2. The normalized spacial score (nSPS) is 11.8. The van der Waals surface area contributed by atoms with E-state index in [4.69, 9.17) is 6.57 Å². The molecule has 0 spiro atoms. The van der Waals surface area contributed by atoms with Crippen LogP contribution in [0.3, 0.4) is 0 Å². The van der Waals surface area contributed by atoms with Crippen LogP contribution in [0.1, 0.15) is 77.9 Å². The van der Waals surface area contributed by atoms with Gasteiger partial charge in [-0.25, -0.2) is 4.85 Å². The number of alkyl halides is 3. The highest BCUT2D eigenvalue weighted by atomic mass is 19.4. The third kappa shape index (κ3) is 8.75. The van der Waals surface area contributed by atoms with E-state index in [1.807, 2.05) is 12.1 Å². The Morgan fingerprint density at radius 2 is 0.683 bits per heavy atom. The molecule has 0 saturated heterocycles. The van der Waals surface area contributed by atoms with E-state index >= 15 is 0 Å². The fraction of sp³-hybridized carbons (Fsp3) is 0.173. The van der Waals surface area contributed by atoms with Gasteiger partial charge >= 0.3 is 6.18 Å². The number of aryl methyl sites for hydroxylation is 12. The Kier molecular flexibility index (Phi) is 12.8. The van der Waals surface area contributed by atoms with Crippen molar-refractivity contribution in [2.45, 2.75) is 89.3 Å². The molecular weight excluding hydrogens is 1010 g/mol. The quantitative estimate of drug-likeness (QED) is 0.147. The highest BCUT2D eigenvalue weighted by Gasteiger charge is 2.32. The molecule has 2 heterocycles. The molecule has 12 rings (SSSR count). The number of nitriles is 1. The van der Waals surface area contributed by atoms with Gasteiger partial charge in [-0.2, -0.15) is 18.4 Å². The van der Waals surface area contributed by atoms with Crippen molar-refractivity contribution in [1.29, 1.82) is 5.26 Å². The van der Waals surface area contributed by atoms with Gasteiger partial charge < -0.3 is 9.13 Å². The minimum atomic E-state index is -4.68. The summed E-state index contributed by atoms with van der Waals surface area (Å²) in [6.45, 7) is 34.7. The molecule has 0 radical (unpaired) electrons. The van der Waals surface area contributed by atoms with Crippen LogP contribution in [0, 0.1) is 101 Å². The standard InChI is InChI=1S/C75H61F3N4/c1-40-24-44(5)71(45(6)25-40)52-14-20-65-60(33-52)61-34-53(72-46(7)26-41(2)27-47(72)8)15-21-66(61)81(65)69-37-59(58-19-18-57(75(76,77)78)32-56(58)39-79)64(80-13)38-70(69)82-67-22-16-54(73-48(9)28-42(3)29-49(73)10)35-62(67)63-36-55(17-23-68(63)82)74-50(11)30-43(4)31-51(74)12/h14-38H,1-12H3. The molecule has 0 N–H and O–H groups in total. The van der Waals surface area contributed by atoms with Crippen molar-refractivity contribution in [3.05, 3.63) is 241 Å². The number of halogens is 3. The highest BCUT2D eigenvalue weighted by molar-refractivity contribution is 6.15. The average molecular weight is 1080 g/mol. The number of hydrogen-bond donors (Lipinski definition) is 0. The molecule has 0 atom stereocenters. The van der Waals surface area contributed by atoms with E-state index in [2.05, 4.69) is 224 Å². The summed E-state index contributed by atoms with van der Waals surface area (Å²) in [6.07, 6.45) is -4.68. The van der Waals surface area contributed by atoms with Crippen molar-refractivity contribution in [2.75, 3.05) is 0 Å². The Morgan fingerprint density at radius 1 is 0.378 bits per heavy atom. The third-order valence-corrected chi connectivity index (χ3v) is 16.8. The van der Waals surface area contributed by atoms with E-state index in [0.717, 1.165) is 78.0 Å². The van der Waals surface area contributed by atoms with E-state index in [1.165, 1.54) is 95.1 Å². The maximum Gasteiger partial charge on any atom is 0.416 e. The summed E-state index contributed by atoms with van der Waals surface area (Å²) in [4.78, 5) is 4.16. The Morgan fingerprint density at radius 3 is 0.963 bits per heavy atom. The number of fused-ring (bicyclic) bond motifs is 6. The Balaban J connectivity index is 1.24. The van der Waals surface area contributed by atoms with Gasteiger partial charge in [0.05, 0.1) is 57.2 Å². The van der Waals surface area contributed by atoms with Gasteiger partial charge in [-0.15, -0.1) is 0 Å². The summed E-state index contributed by atoms with van der Waals surface area (Å²) in [5.41, 5.74) is 27.9. The van der Waals surface area contributed by atoms with E-state index < -0.39 is 11.7 Å². The highest BCUT2D eigenvalue weighted by Crippen LogP contribution is 2.48. The fourth-order valence-electron chi connectivity index (χ4n) is 14.0. The Bertz CT molecular complexity index is 4510. The van der Waals surface area contributed by atoms with E-state index in [0.29, 0.717) is 16.9 Å². The minimum absolute atomic E-state index is 0.178. The topological polar surface area (TPSA) is 38.0 Å². The molecule has 12 aromatic rings. The molecule has 0 unspecified atom stereocenters. The SMILES string of the molecule is [C-]#[N+]c1cc(-n2c3ccc(-c4c(C)cc(C)cc4C)cc3c3cc(-c4c(C)cc(C)cc4C)ccc32)c(-n2c3ccc(-c4c(C)cc(C)cc4C)cc3c3cc(-c4c(C)cc(C)cc4C)ccc32)cc1-c1ccc(C(F)(F)F)cc1C#N. The van der Waals surface area contributed by atoms with Crippen molar-refractivity contribution in [1.82, 2.24) is 9.13 Å². The van der Waals surface area contributed by atoms with Crippen LogP contribution in [0.25, 0.3) is 115 Å². The largest absolute Gasteiger partial charge is 0.416 e. The van der Waals surface area contributed by atoms with E-state index in [-0.39, 0.29) is 16.8 Å². The van der Waals surface area contributed by atoms with Crippen molar-refractivity contribution < 1.29 is 13.2 Å². The zero-order valence-electron chi connectivity index (χ0n) is 48.4. The second-order valence-electron chi connectivity index (χ2n) is 23.0. The number of aromatic nitrogens is 2. The number of nitrogens with zero attached hydrogens (tertiary/aromatic N) is 4. The van der Waals surface area contributed by atoms with Gasteiger partial charge in [-0.05, 0) is 256 Å². The lowest BCUT2D eigenvalue weighted by Gasteiger charge is -2.21. The molecule has 0 amide bonds. The first-order chi connectivity index (χ1) is 39.1. The summed E-state index contributed by atoms with van der Waals surface area (Å²) in [5.74, 6) is 0. The first-order valence-electron chi connectivity index (χ1n) is 27.8. The van der Waals surface area contributed by atoms with Crippen molar-refractivity contribution in [3.8, 4) is 73.1 Å². The Labute approximate surface area is 477 Å². The molecule has 10 aromatic carbocycles. The molecule has 82 heavy (non-hydrogen) atoms. The van der Waals surface area contributed by atoms with Crippen LogP contribution in [0.4, 0.5) is 18.9 Å². The predicted molar refractivity (Wildman–Crippen MR) is 335 cm³/mol. The fourth-order valence-corrected chi connectivity index (χ4v) is 14.0. The smallest absolute Gasteiger partial charge is 0.308 e. The minimum Gasteiger partial charge on any atom is -0.308 e. The molecule has 402 valence electrons. The molecule has 4 nitrogen and oxygen atoms in total. The van der Waals surface area contributed by atoms with Crippen LogP contribution in [-0.4, -0.2) is 9.13 Å². The predicted octanol–water partition coefficient (Wildman–Crippen LogP) is 21.4. The lowest BCUT2D eigenvalue weighted by atomic mass is 9.91. The van der Waals surface area contributed by atoms with Crippen molar-refractivity contribution in [2.24, 2.45) is 0 Å². The maximum atomic E-state index is 14.4. The van der Waals surface area contributed by atoms with Crippen LogP contribution in [0.15, 0.2) is 152 Å². The number of rotatable bonds is 7. The number of benzene rings is 10.